The van der Waals surface area contributed by atoms with Crippen LogP contribution >= 0.6 is 11.3 Å². The molecule has 0 atom stereocenters. The van der Waals surface area contributed by atoms with Gasteiger partial charge in [-0.2, -0.15) is 0 Å². The Balaban J connectivity index is 2.21. The number of Topliss-reactive ketones (excluding diaryl/α,β-unsaturated/α-hetero) is 2. The number of hydrogen-bond donors (Lipinski definition) is 0. The van der Waals surface area contributed by atoms with Crippen molar-refractivity contribution >= 4 is 22.9 Å². The molecule has 0 aliphatic heterocycles. The first-order valence-corrected chi connectivity index (χ1v) is 6.76. The van der Waals surface area contributed by atoms with Gasteiger partial charge in [-0.25, -0.2) is 13.8 Å². The van der Waals surface area contributed by atoms with Crippen LogP contribution in [0.5, 0.6) is 0 Å². The first-order chi connectivity index (χ1) is 9.49. The lowest BCUT2D eigenvalue weighted by Gasteiger charge is -2.06. The zero-order chi connectivity index (χ0) is 14.7. The molecule has 1 heterocycles. The van der Waals surface area contributed by atoms with E-state index in [0.717, 1.165) is 16.8 Å². The molecule has 0 saturated carbocycles. The van der Waals surface area contributed by atoms with Crippen LogP contribution in [0, 0.1) is 6.92 Å². The van der Waals surface area contributed by atoms with E-state index in [4.69, 9.17) is 0 Å². The van der Waals surface area contributed by atoms with E-state index in [1.807, 2.05) is 5.38 Å². The van der Waals surface area contributed by atoms with Crippen LogP contribution in [0.15, 0.2) is 29.1 Å². The van der Waals surface area contributed by atoms with Crippen LogP contribution in [0.25, 0.3) is 11.3 Å². The van der Waals surface area contributed by atoms with E-state index < -0.39 is 24.4 Å². The molecule has 1 aromatic heterocycles. The van der Waals surface area contributed by atoms with Crippen LogP contribution in [0.3, 0.4) is 0 Å². The van der Waals surface area contributed by atoms with Gasteiger partial charge in [0.2, 0.25) is 5.78 Å². The minimum Gasteiger partial charge on any atom is -0.294 e. The molecule has 0 fully saturated rings. The number of benzene rings is 1. The second-order valence-electron chi connectivity index (χ2n) is 4.27. The largest absolute Gasteiger partial charge is 0.296 e. The van der Waals surface area contributed by atoms with E-state index in [2.05, 4.69) is 4.98 Å². The molecule has 20 heavy (non-hydrogen) atoms. The van der Waals surface area contributed by atoms with Crippen LogP contribution in [0.2, 0.25) is 0 Å². The minimum absolute atomic E-state index is 0.260. The van der Waals surface area contributed by atoms with Crippen molar-refractivity contribution in [1.82, 2.24) is 4.98 Å². The highest BCUT2D eigenvalue weighted by molar-refractivity contribution is 7.07. The lowest BCUT2D eigenvalue weighted by Crippen LogP contribution is -2.15. The Hall–Kier alpha value is -1.95. The first-order valence-electron chi connectivity index (χ1n) is 5.82. The summed E-state index contributed by atoms with van der Waals surface area (Å²) in [6.07, 6.45) is -3.87. The fourth-order valence-corrected chi connectivity index (χ4v) is 2.36. The first kappa shape index (κ1) is 14.5. The molecule has 0 radical (unpaired) electrons. The number of aryl methyl sites for hydroxylation is 1. The topological polar surface area (TPSA) is 47.0 Å². The van der Waals surface area contributed by atoms with E-state index in [0.29, 0.717) is 0 Å². The molecule has 0 amide bonds. The van der Waals surface area contributed by atoms with E-state index in [9.17, 15) is 18.4 Å². The zero-order valence-corrected chi connectivity index (χ0v) is 11.4. The predicted octanol–water partition coefficient (Wildman–Crippen LogP) is 3.53. The van der Waals surface area contributed by atoms with Crippen molar-refractivity contribution in [3.8, 4) is 11.3 Å². The Kier molecular flexibility index (Phi) is 4.34. The van der Waals surface area contributed by atoms with Gasteiger partial charge in [-0.1, -0.05) is 12.1 Å². The van der Waals surface area contributed by atoms with Crippen LogP contribution < -0.4 is 0 Å². The smallest absolute Gasteiger partial charge is 0.294 e. The van der Waals surface area contributed by atoms with E-state index in [-0.39, 0.29) is 5.56 Å². The van der Waals surface area contributed by atoms with Crippen LogP contribution in [-0.2, 0) is 4.79 Å². The standard InChI is InChI=1S/C14H11F2NO2S/c1-8-4-9(12(18)5-13(19)14(15)16)2-3-10(8)11-6-20-7-17-11/h2-4,6-7,14H,5H2,1H3. The van der Waals surface area contributed by atoms with Crippen molar-refractivity contribution in [3.05, 3.63) is 40.2 Å². The van der Waals surface area contributed by atoms with Crippen molar-refractivity contribution in [2.45, 2.75) is 19.8 Å². The van der Waals surface area contributed by atoms with Crippen LogP contribution in [0.4, 0.5) is 8.78 Å². The molecular weight excluding hydrogens is 284 g/mol. The summed E-state index contributed by atoms with van der Waals surface area (Å²) in [6.45, 7) is 1.81. The maximum atomic E-state index is 12.1. The number of carbonyl (C=O) groups is 2. The summed E-state index contributed by atoms with van der Waals surface area (Å²) in [4.78, 5) is 26.8. The van der Waals surface area contributed by atoms with Gasteiger partial charge in [0, 0.05) is 16.5 Å². The van der Waals surface area contributed by atoms with Gasteiger partial charge in [-0.3, -0.25) is 9.59 Å². The number of alkyl halides is 2. The number of thiazole rings is 1. The molecule has 6 heteroatoms. The van der Waals surface area contributed by atoms with Crippen molar-refractivity contribution in [2.24, 2.45) is 0 Å². The Morgan fingerprint density at radius 2 is 2.10 bits per heavy atom. The molecule has 1 aromatic carbocycles. The van der Waals surface area contributed by atoms with Gasteiger partial charge in [0.25, 0.3) is 6.43 Å². The molecule has 0 bridgehead atoms. The molecule has 0 unspecified atom stereocenters. The molecule has 0 aliphatic rings. The van der Waals surface area contributed by atoms with Crippen molar-refractivity contribution < 1.29 is 18.4 Å². The summed E-state index contributed by atoms with van der Waals surface area (Å²) < 4.78 is 24.2. The minimum atomic E-state index is -3.10. The predicted molar refractivity (Wildman–Crippen MR) is 72.2 cm³/mol. The average Bonchev–Trinajstić information content (AvgIpc) is 2.92. The Bertz CT molecular complexity index is 639. The highest BCUT2D eigenvalue weighted by atomic mass is 32.1. The number of halogens is 2. The van der Waals surface area contributed by atoms with Crippen molar-refractivity contribution in [3.63, 3.8) is 0 Å². The quantitative estimate of drug-likeness (QED) is 0.626. The van der Waals surface area contributed by atoms with E-state index >= 15 is 0 Å². The number of aromatic nitrogens is 1. The molecule has 0 saturated heterocycles. The third-order valence-corrected chi connectivity index (χ3v) is 3.42. The number of nitrogens with zero attached hydrogens (tertiary/aromatic N) is 1. The molecule has 0 aliphatic carbocycles. The lowest BCUT2D eigenvalue weighted by atomic mass is 9.99. The summed E-state index contributed by atoms with van der Waals surface area (Å²) in [5.74, 6) is -1.94. The third kappa shape index (κ3) is 3.14. The molecule has 0 spiro atoms. The van der Waals surface area contributed by atoms with Crippen LogP contribution in [-0.4, -0.2) is 23.0 Å². The van der Waals surface area contributed by atoms with Gasteiger partial charge < -0.3 is 0 Å². The highest BCUT2D eigenvalue weighted by Crippen LogP contribution is 2.24. The van der Waals surface area contributed by atoms with Gasteiger partial charge >= 0.3 is 0 Å². The maximum Gasteiger partial charge on any atom is 0.296 e. The fourth-order valence-electron chi connectivity index (χ4n) is 1.81. The average molecular weight is 295 g/mol. The second-order valence-corrected chi connectivity index (χ2v) is 4.99. The van der Waals surface area contributed by atoms with Gasteiger partial charge in [0.1, 0.15) is 0 Å². The normalized spacial score (nSPS) is 10.8. The summed E-state index contributed by atoms with van der Waals surface area (Å²) in [6, 6.07) is 4.84. The van der Waals surface area contributed by atoms with Gasteiger partial charge in [0.15, 0.2) is 5.78 Å². The Morgan fingerprint density at radius 1 is 1.35 bits per heavy atom. The summed E-state index contributed by atoms with van der Waals surface area (Å²) in [5.41, 5.74) is 4.45. The Morgan fingerprint density at radius 3 is 2.65 bits per heavy atom. The molecule has 3 nitrogen and oxygen atoms in total. The summed E-state index contributed by atoms with van der Waals surface area (Å²) >= 11 is 1.46. The van der Waals surface area contributed by atoms with Crippen LogP contribution in [0.1, 0.15) is 22.3 Å². The zero-order valence-electron chi connectivity index (χ0n) is 10.6. The van der Waals surface area contributed by atoms with E-state index in [1.54, 1.807) is 24.6 Å². The molecule has 104 valence electrons. The second kappa shape index (κ2) is 6.00. The number of hydrogen-bond acceptors (Lipinski definition) is 4. The SMILES string of the molecule is Cc1cc(C(=O)CC(=O)C(F)F)ccc1-c1cscn1. The summed E-state index contributed by atoms with van der Waals surface area (Å²) in [5, 5.41) is 1.88. The van der Waals surface area contributed by atoms with Crippen molar-refractivity contribution in [2.75, 3.05) is 0 Å². The van der Waals surface area contributed by atoms with Gasteiger partial charge in [-0.05, 0) is 18.6 Å². The number of carbonyl (C=O) groups excluding carboxylic acids is 2. The monoisotopic (exact) mass is 295 g/mol. The molecule has 2 aromatic rings. The van der Waals surface area contributed by atoms with E-state index in [1.165, 1.54) is 17.4 Å². The molecule has 0 N–H and O–H groups in total. The third-order valence-electron chi connectivity index (χ3n) is 2.83. The molecule has 2 rings (SSSR count). The molecular formula is C14H11F2NO2S. The highest BCUT2D eigenvalue weighted by Gasteiger charge is 2.20. The fraction of sp³-hybridized carbons (Fsp3) is 0.214. The summed E-state index contributed by atoms with van der Waals surface area (Å²) in [7, 11) is 0. The van der Waals surface area contributed by atoms with Gasteiger partial charge in [0.05, 0.1) is 17.6 Å². The van der Waals surface area contributed by atoms with Crippen molar-refractivity contribution in [1.29, 1.82) is 0 Å². The van der Waals surface area contributed by atoms with Gasteiger partial charge in [-0.15, -0.1) is 11.3 Å². The number of ketones is 2. The number of rotatable bonds is 5. The Labute approximate surface area is 118 Å². The maximum absolute atomic E-state index is 12.1. The lowest BCUT2D eigenvalue weighted by molar-refractivity contribution is -0.128.